The van der Waals surface area contributed by atoms with E-state index in [4.69, 9.17) is 0 Å². The lowest BCUT2D eigenvalue weighted by Crippen LogP contribution is -2.13. The third kappa shape index (κ3) is 9.76. The molecule has 0 unspecified atom stereocenters. The van der Waals surface area contributed by atoms with Gasteiger partial charge in [-0.2, -0.15) is 0 Å². The molecule has 0 aliphatic carbocycles. The molecule has 0 radical (unpaired) electrons. The minimum atomic E-state index is 0.103. The number of rotatable bonds is 10. The van der Waals surface area contributed by atoms with Crippen molar-refractivity contribution in [2.24, 2.45) is 0 Å². The van der Waals surface area contributed by atoms with Crippen molar-refractivity contribution < 1.29 is 0 Å². The number of nitrogens with zero attached hydrogens (tertiary/aromatic N) is 2. The summed E-state index contributed by atoms with van der Waals surface area (Å²) in [4.78, 5) is 2.37. The van der Waals surface area contributed by atoms with Crippen molar-refractivity contribution in [1.29, 1.82) is 0 Å². The normalized spacial score (nSPS) is 11.8. The Kier molecular flexibility index (Phi) is 12.9. The second kappa shape index (κ2) is 20.2. The average Bonchev–Trinajstić information content (AvgIpc) is 3.89. The third-order valence-corrected chi connectivity index (χ3v) is 15.8. The summed E-state index contributed by atoms with van der Waals surface area (Å²) in [6.45, 7) is 18.2. The van der Waals surface area contributed by atoms with Gasteiger partial charge in [-0.3, -0.25) is 0 Å². The van der Waals surface area contributed by atoms with Gasteiger partial charge in [0.15, 0.2) is 0 Å². The molecule has 1 heterocycles. The molecular weight excluding hydrogens is 941 g/mol. The van der Waals surface area contributed by atoms with Crippen LogP contribution in [0.25, 0.3) is 94.3 Å². The first-order valence-corrected chi connectivity index (χ1v) is 27.5. The van der Waals surface area contributed by atoms with Gasteiger partial charge in [0.2, 0.25) is 0 Å². The van der Waals surface area contributed by atoms with Gasteiger partial charge in [0.05, 0.1) is 11.0 Å². The molecule has 2 heteroatoms. The number of benzene rings is 11. The summed E-state index contributed by atoms with van der Waals surface area (Å²) in [5, 5.41) is 2.47. The lowest BCUT2D eigenvalue weighted by atomic mass is 9.81. The molecule has 12 aromatic rings. The van der Waals surface area contributed by atoms with E-state index in [1.54, 1.807) is 0 Å². The van der Waals surface area contributed by atoms with Crippen LogP contribution in [0.3, 0.4) is 0 Å². The Labute approximate surface area is 461 Å². The van der Waals surface area contributed by atoms with Crippen LogP contribution < -0.4 is 4.90 Å². The van der Waals surface area contributed by atoms with Gasteiger partial charge < -0.3 is 9.47 Å². The van der Waals surface area contributed by atoms with Gasteiger partial charge in [0.25, 0.3) is 0 Å². The highest BCUT2D eigenvalue weighted by molar-refractivity contribution is 6.10. The van der Waals surface area contributed by atoms with Crippen LogP contribution in [-0.4, -0.2) is 4.57 Å². The van der Waals surface area contributed by atoms with E-state index in [0.717, 1.165) is 28.3 Å². The Balaban J connectivity index is 0.882. The second-order valence-corrected chi connectivity index (χ2v) is 23.2. The zero-order valence-corrected chi connectivity index (χ0v) is 46.1. The van der Waals surface area contributed by atoms with Crippen LogP contribution in [0, 0.1) is 13.8 Å². The summed E-state index contributed by atoms with van der Waals surface area (Å²) < 4.78 is 2.43. The molecule has 2 nitrogen and oxygen atoms in total. The maximum atomic E-state index is 2.43. The molecule has 0 bridgehead atoms. The standard InChI is InChI=1S/C76H66N2/c1-51-47-72(76(6,7)8)52(2)46-71(51)59-26-24-54(25-27-59)56-30-39-65(40-31-56)77(66-41-32-57(33-42-66)55-28-37-64(38-29-55)75(3,4)5)67-43-34-58(35-44-67)63-36-45-70-69-22-12-13-23-73(69)78(74(70)50-63)68-21-15-20-62(49-68)61-19-14-18-60(48-61)53-16-10-9-11-17-53/h9-50H,1-8H3. The maximum Gasteiger partial charge on any atom is 0.0547 e. The Morgan fingerprint density at radius 1 is 0.295 bits per heavy atom. The number of aryl methyl sites for hydroxylation is 2. The van der Waals surface area contributed by atoms with Crippen LogP contribution in [0.15, 0.2) is 255 Å². The fourth-order valence-corrected chi connectivity index (χ4v) is 11.6. The van der Waals surface area contributed by atoms with E-state index >= 15 is 0 Å². The summed E-state index contributed by atoms with van der Waals surface area (Å²) in [6, 6.07) is 94.2. The van der Waals surface area contributed by atoms with Crippen LogP contribution in [0.2, 0.25) is 0 Å². The number of para-hydroxylation sites is 1. The lowest BCUT2D eigenvalue weighted by molar-refractivity contribution is 0.585. The van der Waals surface area contributed by atoms with E-state index in [2.05, 4.69) is 320 Å². The number of anilines is 3. The van der Waals surface area contributed by atoms with Crippen LogP contribution in [0.1, 0.15) is 63.8 Å². The van der Waals surface area contributed by atoms with Gasteiger partial charge in [-0.1, -0.05) is 230 Å². The quantitative estimate of drug-likeness (QED) is 0.133. The maximum absolute atomic E-state index is 2.43. The fraction of sp³-hybridized carbons (Fsp3) is 0.132. The summed E-state index contributed by atoms with van der Waals surface area (Å²) in [6.07, 6.45) is 0. The van der Waals surface area contributed by atoms with Crippen molar-refractivity contribution >= 4 is 38.9 Å². The monoisotopic (exact) mass is 1010 g/mol. The van der Waals surface area contributed by atoms with Gasteiger partial charge >= 0.3 is 0 Å². The molecule has 0 amide bonds. The van der Waals surface area contributed by atoms with Gasteiger partial charge in [-0.15, -0.1) is 0 Å². The van der Waals surface area contributed by atoms with Crippen molar-refractivity contribution in [1.82, 2.24) is 4.57 Å². The number of fused-ring (bicyclic) bond motifs is 3. The molecule has 0 saturated heterocycles. The van der Waals surface area contributed by atoms with E-state index < -0.39 is 0 Å². The van der Waals surface area contributed by atoms with E-state index in [9.17, 15) is 0 Å². The molecule has 0 atom stereocenters. The van der Waals surface area contributed by atoms with E-state index in [0.29, 0.717) is 0 Å². The number of hydrogen-bond donors (Lipinski definition) is 0. The van der Waals surface area contributed by atoms with E-state index in [-0.39, 0.29) is 10.8 Å². The minimum absolute atomic E-state index is 0.103. The first-order chi connectivity index (χ1) is 37.7. The molecule has 0 aliphatic rings. The van der Waals surface area contributed by atoms with Crippen LogP contribution >= 0.6 is 0 Å². The topological polar surface area (TPSA) is 8.17 Å². The van der Waals surface area contributed by atoms with Crippen LogP contribution in [0.5, 0.6) is 0 Å². The predicted molar refractivity (Wildman–Crippen MR) is 335 cm³/mol. The lowest BCUT2D eigenvalue weighted by Gasteiger charge is -2.26. The molecule has 1 aromatic heterocycles. The number of hydrogen-bond acceptors (Lipinski definition) is 1. The Bertz CT molecular complexity index is 4110. The van der Waals surface area contributed by atoms with Crippen molar-refractivity contribution in [2.75, 3.05) is 4.90 Å². The summed E-state index contributed by atoms with van der Waals surface area (Å²) in [5.74, 6) is 0. The molecule has 12 rings (SSSR count). The molecule has 0 saturated carbocycles. The van der Waals surface area contributed by atoms with Crippen molar-refractivity contribution in [3.8, 4) is 72.4 Å². The summed E-state index contributed by atoms with van der Waals surface area (Å²) in [5.41, 5.74) is 26.8. The highest BCUT2D eigenvalue weighted by Gasteiger charge is 2.20. The van der Waals surface area contributed by atoms with E-state index in [1.165, 1.54) is 105 Å². The van der Waals surface area contributed by atoms with Gasteiger partial charge in [0, 0.05) is 33.5 Å². The zero-order chi connectivity index (χ0) is 53.7. The van der Waals surface area contributed by atoms with Gasteiger partial charge in [-0.05, 0) is 180 Å². The van der Waals surface area contributed by atoms with Gasteiger partial charge in [-0.25, -0.2) is 0 Å². The highest BCUT2D eigenvalue weighted by Crippen LogP contribution is 2.41. The first-order valence-electron chi connectivity index (χ1n) is 27.5. The molecule has 0 fully saturated rings. The van der Waals surface area contributed by atoms with Crippen molar-refractivity contribution in [3.05, 3.63) is 277 Å². The molecule has 11 aromatic carbocycles. The first kappa shape index (κ1) is 49.9. The van der Waals surface area contributed by atoms with Gasteiger partial charge in [0.1, 0.15) is 0 Å². The van der Waals surface area contributed by atoms with Crippen LogP contribution in [0.4, 0.5) is 17.1 Å². The van der Waals surface area contributed by atoms with Crippen molar-refractivity contribution in [3.63, 3.8) is 0 Å². The SMILES string of the molecule is Cc1cc(C(C)(C)C)c(C)cc1-c1ccc(-c2ccc(N(c3ccc(-c4ccc(C(C)(C)C)cc4)cc3)c3ccc(-c4ccc5c6ccccc6n(-c6cccc(-c7cccc(-c8ccccc8)c7)c6)c5c4)cc3)cc2)cc1. The van der Waals surface area contributed by atoms with Crippen molar-refractivity contribution in [2.45, 2.75) is 66.2 Å². The molecule has 0 spiro atoms. The largest absolute Gasteiger partial charge is 0.311 e. The Morgan fingerprint density at radius 3 is 1.29 bits per heavy atom. The van der Waals surface area contributed by atoms with E-state index in [1.807, 2.05) is 0 Å². The second-order valence-electron chi connectivity index (χ2n) is 23.2. The summed E-state index contributed by atoms with van der Waals surface area (Å²) >= 11 is 0. The molecular formula is C76H66N2. The minimum Gasteiger partial charge on any atom is -0.311 e. The smallest absolute Gasteiger partial charge is 0.0547 e. The zero-order valence-electron chi connectivity index (χ0n) is 46.1. The molecule has 0 N–H and O–H groups in total. The Morgan fingerprint density at radius 2 is 0.718 bits per heavy atom. The Hall–Kier alpha value is -8.98. The third-order valence-electron chi connectivity index (χ3n) is 15.8. The molecule has 0 aliphatic heterocycles. The predicted octanol–water partition coefficient (Wildman–Crippen LogP) is 21.5. The fourth-order valence-electron chi connectivity index (χ4n) is 11.6. The van der Waals surface area contributed by atoms with Crippen LogP contribution in [-0.2, 0) is 10.8 Å². The molecule has 78 heavy (non-hydrogen) atoms. The average molecular weight is 1010 g/mol. The number of aromatic nitrogens is 1. The molecule has 380 valence electrons. The highest BCUT2D eigenvalue weighted by atomic mass is 15.1. The summed E-state index contributed by atoms with van der Waals surface area (Å²) in [7, 11) is 0.